The Bertz CT molecular complexity index is 752. The molecule has 0 bridgehead atoms. The number of hydrogen-bond donors (Lipinski definition) is 1. The second-order valence-corrected chi connectivity index (χ2v) is 7.13. The number of carbonyl (C=O) groups is 3. The van der Waals surface area contributed by atoms with Crippen molar-refractivity contribution >= 4 is 68.8 Å². The maximum absolute atomic E-state index is 12.3. The summed E-state index contributed by atoms with van der Waals surface area (Å²) in [6.07, 6.45) is 0. The zero-order valence-corrected chi connectivity index (χ0v) is 17.5. The number of esters is 2. The van der Waals surface area contributed by atoms with Crippen LogP contribution in [0.1, 0.15) is 10.4 Å². The second kappa shape index (κ2) is 8.31. The smallest absolute Gasteiger partial charge is 0.355 e. The SMILES string of the molecule is COC(=O)C1=C(C(=O)OC)N(c2c(I)cc(C(=O)O)cc2I)COC1. The monoisotopic (exact) mass is 573 g/mol. The van der Waals surface area contributed by atoms with Gasteiger partial charge in [-0.2, -0.15) is 0 Å². The highest BCUT2D eigenvalue weighted by atomic mass is 127. The first-order valence-electron chi connectivity index (χ1n) is 6.79. The molecule has 0 unspecified atom stereocenters. The summed E-state index contributed by atoms with van der Waals surface area (Å²) in [5, 5.41) is 9.17. The normalized spacial score (nSPS) is 14.3. The van der Waals surface area contributed by atoms with E-state index in [1.165, 1.54) is 31.3 Å². The van der Waals surface area contributed by atoms with Gasteiger partial charge >= 0.3 is 17.9 Å². The molecular formula is C15H13I2NO7. The molecule has 8 nitrogen and oxygen atoms in total. The van der Waals surface area contributed by atoms with E-state index in [4.69, 9.17) is 14.2 Å². The van der Waals surface area contributed by atoms with Gasteiger partial charge in [0.2, 0.25) is 0 Å². The average molecular weight is 573 g/mol. The first kappa shape index (κ1) is 19.9. The van der Waals surface area contributed by atoms with Gasteiger partial charge in [-0.1, -0.05) is 0 Å². The quantitative estimate of drug-likeness (QED) is 0.432. The Kier molecular flexibility index (Phi) is 6.62. The molecule has 1 aromatic rings. The lowest BCUT2D eigenvalue weighted by Gasteiger charge is -2.32. The third-order valence-corrected chi connectivity index (χ3v) is 5.01. The van der Waals surface area contributed by atoms with Crippen LogP contribution in [0.4, 0.5) is 5.69 Å². The number of carboxylic acid groups (broad SMARTS) is 1. The van der Waals surface area contributed by atoms with Crippen molar-refractivity contribution < 1.29 is 33.7 Å². The number of anilines is 1. The molecule has 1 heterocycles. The first-order valence-corrected chi connectivity index (χ1v) is 8.95. The van der Waals surface area contributed by atoms with E-state index in [1.54, 1.807) is 0 Å². The van der Waals surface area contributed by atoms with E-state index in [0.717, 1.165) is 0 Å². The van der Waals surface area contributed by atoms with Crippen LogP contribution in [0.3, 0.4) is 0 Å². The summed E-state index contributed by atoms with van der Waals surface area (Å²) in [4.78, 5) is 37.0. The van der Waals surface area contributed by atoms with Gasteiger partial charge < -0.3 is 24.2 Å². The van der Waals surface area contributed by atoms with Crippen LogP contribution in [0.15, 0.2) is 23.4 Å². The van der Waals surface area contributed by atoms with Crippen LogP contribution in [0, 0.1) is 7.14 Å². The molecule has 0 fully saturated rings. The summed E-state index contributed by atoms with van der Waals surface area (Å²) in [6.45, 7) is -0.0860. The van der Waals surface area contributed by atoms with Crippen LogP contribution in [-0.4, -0.2) is 50.6 Å². The molecule has 0 aromatic heterocycles. The van der Waals surface area contributed by atoms with Gasteiger partial charge in [-0.05, 0) is 57.3 Å². The number of nitrogens with zero attached hydrogens (tertiary/aromatic N) is 1. The fourth-order valence-electron chi connectivity index (χ4n) is 2.27. The lowest BCUT2D eigenvalue weighted by molar-refractivity contribution is -0.140. The topological polar surface area (TPSA) is 102 Å². The summed E-state index contributed by atoms with van der Waals surface area (Å²) in [7, 11) is 2.42. The van der Waals surface area contributed by atoms with Crippen molar-refractivity contribution in [2.75, 3.05) is 32.5 Å². The molecule has 1 aliphatic heterocycles. The number of benzene rings is 1. The number of carbonyl (C=O) groups excluding carboxylic acids is 2. The van der Waals surface area contributed by atoms with E-state index < -0.39 is 17.9 Å². The van der Waals surface area contributed by atoms with Crippen LogP contribution in [0.2, 0.25) is 0 Å². The molecule has 0 radical (unpaired) electrons. The molecule has 10 heteroatoms. The van der Waals surface area contributed by atoms with Crippen molar-refractivity contribution in [3.8, 4) is 0 Å². The Balaban J connectivity index is 2.66. The van der Waals surface area contributed by atoms with E-state index in [-0.39, 0.29) is 30.2 Å². The van der Waals surface area contributed by atoms with Crippen LogP contribution < -0.4 is 4.90 Å². The summed E-state index contributed by atoms with van der Waals surface area (Å²) in [6, 6.07) is 2.95. The van der Waals surface area contributed by atoms with Crippen molar-refractivity contribution in [3.63, 3.8) is 0 Å². The van der Waals surface area contributed by atoms with Gasteiger partial charge in [-0.15, -0.1) is 0 Å². The molecule has 2 rings (SSSR count). The first-order chi connectivity index (χ1) is 11.8. The van der Waals surface area contributed by atoms with Gasteiger partial charge in [-0.3, -0.25) is 0 Å². The number of aromatic carboxylic acids is 1. The van der Waals surface area contributed by atoms with Gasteiger partial charge in [0.1, 0.15) is 12.4 Å². The predicted molar refractivity (Wildman–Crippen MR) is 103 cm³/mol. The standard InChI is InChI=1S/C15H13I2NO7/c1-23-14(21)8-5-25-6-18(11(8)15(22)24-2)12-9(16)3-7(13(19)20)4-10(12)17/h3-4H,5-6H2,1-2H3,(H,19,20). The Hall–Kier alpha value is -1.41. The fraction of sp³-hybridized carbons (Fsp3) is 0.267. The number of carboxylic acids is 1. The van der Waals surface area contributed by atoms with E-state index >= 15 is 0 Å². The Labute approximate surface area is 170 Å². The number of rotatable bonds is 4. The predicted octanol–water partition coefficient (Wildman–Crippen LogP) is 1.99. The summed E-state index contributed by atoms with van der Waals surface area (Å²) in [5.74, 6) is -2.47. The van der Waals surface area contributed by atoms with E-state index in [1.807, 2.05) is 45.2 Å². The third kappa shape index (κ3) is 4.06. The minimum atomic E-state index is -1.06. The van der Waals surface area contributed by atoms with Gasteiger partial charge in [0.15, 0.2) is 0 Å². The highest BCUT2D eigenvalue weighted by molar-refractivity contribution is 14.1. The zero-order valence-electron chi connectivity index (χ0n) is 13.2. The molecule has 1 N–H and O–H groups in total. The maximum atomic E-state index is 12.3. The van der Waals surface area contributed by atoms with Gasteiger partial charge in [0.25, 0.3) is 0 Å². The maximum Gasteiger partial charge on any atom is 0.355 e. The van der Waals surface area contributed by atoms with E-state index in [0.29, 0.717) is 12.8 Å². The fourth-order valence-corrected chi connectivity index (χ4v) is 4.62. The Morgan fingerprint density at radius 3 is 2.16 bits per heavy atom. The lowest BCUT2D eigenvalue weighted by Crippen LogP contribution is -2.39. The number of hydrogen-bond acceptors (Lipinski definition) is 7. The highest BCUT2D eigenvalue weighted by Gasteiger charge is 2.34. The largest absolute Gasteiger partial charge is 0.478 e. The summed E-state index contributed by atoms with van der Waals surface area (Å²) in [5.41, 5.74) is 0.717. The minimum absolute atomic E-state index is 0.00332. The Morgan fingerprint density at radius 2 is 1.68 bits per heavy atom. The second-order valence-electron chi connectivity index (χ2n) is 4.81. The van der Waals surface area contributed by atoms with Crippen molar-refractivity contribution in [1.29, 1.82) is 0 Å². The average Bonchev–Trinajstić information content (AvgIpc) is 2.59. The molecule has 0 amide bonds. The van der Waals surface area contributed by atoms with Gasteiger partial charge in [0, 0.05) is 7.14 Å². The van der Waals surface area contributed by atoms with Crippen LogP contribution in [0.25, 0.3) is 0 Å². The van der Waals surface area contributed by atoms with Crippen LogP contribution in [0.5, 0.6) is 0 Å². The third-order valence-electron chi connectivity index (χ3n) is 3.37. The lowest BCUT2D eigenvalue weighted by atomic mass is 10.1. The Morgan fingerprint density at radius 1 is 1.12 bits per heavy atom. The van der Waals surface area contributed by atoms with Crippen LogP contribution >= 0.6 is 45.2 Å². The zero-order chi connectivity index (χ0) is 18.7. The molecule has 1 aromatic carbocycles. The van der Waals surface area contributed by atoms with Crippen molar-refractivity contribution in [2.45, 2.75) is 0 Å². The molecule has 1 aliphatic rings. The molecule has 25 heavy (non-hydrogen) atoms. The van der Waals surface area contributed by atoms with E-state index in [9.17, 15) is 19.5 Å². The van der Waals surface area contributed by atoms with Crippen molar-refractivity contribution in [2.24, 2.45) is 0 Å². The van der Waals surface area contributed by atoms with E-state index in [2.05, 4.69) is 0 Å². The van der Waals surface area contributed by atoms with Crippen molar-refractivity contribution in [3.05, 3.63) is 36.1 Å². The minimum Gasteiger partial charge on any atom is -0.478 e. The van der Waals surface area contributed by atoms with Gasteiger partial charge in [-0.25, -0.2) is 14.4 Å². The molecule has 134 valence electrons. The molecule has 0 spiro atoms. The number of halogens is 2. The molecule has 0 saturated heterocycles. The number of methoxy groups -OCH3 is 2. The molecule has 0 aliphatic carbocycles. The molecule has 0 atom stereocenters. The van der Waals surface area contributed by atoms with Gasteiger partial charge in [0.05, 0.1) is 37.7 Å². The highest BCUT2D eigenvalue weighted by Crippen LogP contribution is 2.35. The van der Waals surface area contributed by atoms with Crippen molar-refractivity contribution in [1.82, 2.24) is 0 Å². The molecular weight excluding hydrogens is 560 g/mol. The summed E-state index contributed by atoms with van der Waals surface area (Å²) < 4.78 is 16.1. The summed E-state index contributed by atoms with van der Waals surface area (Å²) >= 11 is 3.94. The molecule has 0 saturated carbocycles. The number of ether oxygens (including phenoxy) is 3. The van der Waals surface area contributed by atoms with Crippen LogP contribution in [-0.2, 0) is 23.8 Å².